The van der Waals surface area contributed by atoms with Gasteiger partial charge in [-0.1, -0.05) is 0 Å². The fourth-order valence-corrected chi connectivity index (χ4v) is 0.796. The molecule has 0 atom stereocenters. The van der Waals surface area contributed by atoms with E-state index in [1.165, 1.54) is 0 Å². The van der Waals surface area contributed by atoms with Crippen LogP contribution in [0.1, 0.15) is 0 Å². The van der Waals surface area contributed by atoms with Gasteiger partial charge in [-0.2, -0.15) is 0 Å². The minimum Gasteiger partial charge on any atom is -1.00 e. The standard InChI is InChI=1S/C7H12N2O2.ClH/c10-4-6-11-5-3-9-2-1-8-7-9;/h1-2,7,10H,3-6H2;1H. The van der Waals surface area contributed by atoms with Crippen molar-refractivity contribution < 1.29 is 26.8 Å². The quantitative estimate of drug-likeness (QED) is 0.373. The Kier molecular flexibility index (Phi) is 6.75. The van der Waals surface area contributed by atoms with Crippen LogP contribution in [0.4, 0.5) is 0 Å². The molecule has 0 aliphatic rings. The highest BCUT2D eigenvalue weighted by Crippen LogP contribution is 1.74. The molecule has 0 saturated carbocycles. The maximum Gasteiger partial charge on any atom is 0.241 e. The normalized spacial score (nSPS) is 9.42. The zero-order valence-electron chi connectivity index (χ0n) is 6.74. The van der Waals surface area contributed by atoms with Gasteiger partial charge in [0.15, 0.2) is 0 Å². The minimum absolute atomic E-state index is 0. The monoisotopic (exact) mass is 192 g/mol. The summed E-state index contributed by atoms with van der Waals surface area (Å²) in [5, 5.41) is 8.39. The number of aromatic amines is 1. The van der Waals surface area contributed by atoms with Crippen molar-refractivity contribution in [3.05, 3.63) is 18.7 Å². The molecule has 70 valence electrons. The number of aliphatic hydroxyl groups is 1. The lowest BCUT2D eigenvalue weighted by molar-refractivity contribution is -0.697. The summed E-state index contributed by atoms with van der Waals surface area (Å²) in [4.78, 5) is 2.93. The first-order chi connectivity index (χ1) is 5.43. The number of hydrogen-bond acceptors (Lipinski definition) is 2. The minimum atomic E-state index is 0. The van der Waals surface area contributed by atoms with Crippen LogP contribution < -0.4 is 17.0 Å². The average molecular weight is 193 g/mol. The lowest BCUT2D eigenvalue weighted by atomic mass is 10.6. The van der Waals surface area contributed by atoms with E-state index < -0.39 is 0 Å². The molecule has 0 unspecified atom stereocenters. The Morgan fingerprint density at radius 3 is 2.83 bits per heavy atom. The third-order valence-electron chi connectivity index (χ3n) is 1.33. The largest absolute Gasteiger partial charge is 1.00 e. The molecule has 2 N–H and O–H groups in total. The zero-order valence-corrected chi connectivity index (χ0v) is 7.50. The summed E-state index contributed by atoms with van der Waals surface area (Å²) in [7, 11) is 0. The highest BCUT2D eigenvalue weighted by Gasteiger charge is 1.94. The van der Waals surface area contributed by atoms with Gasteiger partial charge in [0.2, 0.25) is 6.33 Å². The third kappa shape index (κ3) is 4.33. The van der Waals surface area contributed by atoms with Crippen molar-refractivity contribution in [1.29, 1.82) is 0 Å². The Bertz CT molecular complexity index is 180. The van der Waals surface area contributed by atoms with Gasteiger partial charge >= 0.3 is 0 Å². The Labute approximate surface area is 77.6 Å². The van der Waals surface area contributed by atoms with Gasteiger partial charge in [-0.25, -0.2) is 4.57 Å². The smallest absolute Gasteiger partial charge is 0.241 e. The summed E-state index contributed by atoms with van der Waals surface area (Å²) in [6.07, 6.45) is 5.65. The highest BCUT2D eigenvalue weighted by atomic mass is 35.5. The molecule has 1 heterocycles. The first-order valence-electron chi connectivity index (χ1n) is 3.64. The molecule has 0 saturated heterocycles. The SMILES string of the molecule is OCCOCC[n+]1cc[nH]c1.[Cl-]. The lowest BCUT2D eigenvalue weighted by Gasteiger charge is -1.97. The number of nitrogens with zero attached hydrogens (tertiary/aromatic N) is 1. The van der Waals surface area contributed by atoms with Crippen LogP contribution in [0.25, 0.3) is 0 Å². The van der Waals surface area contributed by atoms with Crippen LogP contribution >= 0.6 is 0 Å². The van der Waals surface area contributed by atoms with E-state index in [1.807, 2.05) is 23.3 Å². The fraction of sp³-hybridized carbons (Fsp3) is 0.571. The molecule has 1 rings (SSSR count). The van der Waals surface area contributed by atoms with Gasteiger partial charge in [0, 0.05) is 0 Å². The Morgan fingerprint density at radius 1 is 1.42 bits per heavy atom. The second kappa shape index (κ2) is 7.09. The van der Waals surface area contributed by atoms with E-state index in [2.05, 4.69) is 4.98 Å². The molecule has 0 aromatic carbocycles. The molecular formula is C7H13ClN2O2. The first-order valence-corrected chi connectivity index (χ1v) is 3.64. The summed E-state index contributed by atoms with van der Waals surface area (Å²) >= 11 is 0. The van der Waals surface area contributed by atoms with Crippen molar-refractivity contribution in [1.82, 2.24) is 4.98 Å². The van der Waals surface area contributed by atoms with E-state index in [9.17, 15) is 0 Å². The number of ether oxygens (including phenoxy) is 1. The van der Waals surface area contributed by atoms with Gasteiger partial charge in [0.05, 0.1) is 19.8 Å². The van der Waals surface area contributed by atoms with Crippen molar-refractivity contribution in [2.24, 2.45) is 0 Å². The van der Waals surface area contributed by atoms with Crippen molar-refractivity contribution >= 4 is 0 Å². The Morgan fingerprint density at radius 2 is 2.25 bits per heavy atom. The molecule has 0 spiro atoms. The maximum atomic E-state index is 8.39. The average Bonchev–Trinajstić information content (AvgIpc) is 2.50. The summed E-state index contributed by atoms with van der Waals surface area (Å²) in [5.74, 6) is 0. The number of aromatic nitrogens is 2. The van der Waals surface area contributed by atoms with Crippen LogP contribution in [0.2, 0.25) is 0 Å². The molecule has 1 aromatic rings. The van der Waals surface area contributed by atoms with E-state index in [1.54, 1.807) is 0 Å². The van der Waals surface area contributed by atoms with Crippen molar-refractivity contribution in [3.63, 3.8) is 0 Å². The topological polar surface area (TPSA) is 49.1 Å². The van der Waals surface area contributed by atoms with E-state index in [0.29, 0.717) is 13.2 Å². The predicted molar refractivity (Wildman–Crippen MR) is 38.9 cm³/mol. The number of H-pyrrole nitrogens is 1. The third-order valence-corrected chi connectivity index (χ3v) is 1.33. The van der Waals surface area contributed by atoms with Gasteiger partial charge in [-0.3, -0.25) is 4.98 Å². The van der Waals surface area contributed by atoms with E-state index in [0.717, 1.165) is 6.54 Å². The number of nitrogens with one attached hydrogen (secondary N) is 1. The lowest BCUT2D eigenvalue weighted by Crippen LogP contribution is -3.00. The molecule has 0 radical (unpaired) electrons. The molecule has 0 aliphatic heterocycles. The molecular weight excluding hydrogens is 180 g/mol. The number of hydrogen-bond donors (Lipinski definition) is 2. The van der Waals surface area contributed by atoms with Crippen LogP contribution in [-0.4, -0.2) is 29.9 Å². The van der Waals surface area contributed by atoms with Crippen molar-refractivity contribution in [2.75, 3.05) is 19.8 Å². The number of halogens is 1. The molecule has 0 amide bonds. The van der Waals surface area contributed by atoms with Crippen molar-refractivity contribution in [2.45, 2.75) is 6.54 Å². The van der Waals surface area contributed by atoms with Gasteiger partial charge in [-0.15, -0.1) is 0 Å². The first kappa shape index (κ1) is 11.4. The number of aliphatic hydroxyl groups excluding tert-OH is 1. The second-order valence-electron chi connectivity index (χ2n) is 2.19. The van der Waals surface area contributed by atoms with Crippen molar-refractivity contribution in [3.8, 4) is 0 Å². The van der Waals surface area contributed by atoms with Gasteiger partial charge < -0.3 is 22.3 Å². The van der Waals surface area contributed by atoms with E-state index >= 15 is 0 Å². The molecule has 1 aromatic heterocycles. The van der Waals surface area contributed by atoms with Gasteiger partial charge in [0.25, 0.3) is 0 Å². The molecule has 4 nitrogen and oxygen atoms in total. The molecule has 0 bridgehead atoms. The van der Waals surface area contributed by atoms with Crippen LogP contribution in [0, 0.1) is 0 Å². The second-order valence-corrected chi connectivity index (χ2v) is 2.19. The zero-order chi connectivity index (χ0) is 7.94. The maximum absolute atomic E-state index is 8.39. The Balaban J connectivity index is 0.00000121. The molecule has 0 aliphatic carbocycles. The van der Waals surface area contributed by atoms with Crippen LogP contribution in [0.15, 0.2) is 18.7 Å². The highest BCUT2D eigenvalue weighted by molar-refractivity contribution is 4.55. The van der Waals surface area contributed by atoms with Crippen LogP contribution in [0.3, 0.4) is 0 Å². The number of imidazole rings is 1. The van der Waals surface area contributed by atoms with Gasteiger partial charge in [0.1, 0.15) is 18.9 Å². The van der Waals surface area contributed by atoms with Crippen LogP contribution in [0.5, 0.6) is 0 Å². The number of rotatable bonds is 5. The van der Waals surface area contributed by atoms with Crippen LogP contribution in [-0.2, 0) is 11.3 Å². The fourth-order valence-electron chi connectivity index (χ4n) is 0.796. The summed E-state index contributed by atoms with van der Waals surface area (Å²) < 4.78 is 7.05. The predicted octanol–water partition coefficient (Wildman–Crippen LogP) is -3.68. The molecule has 5 heteroatoms. The Hall–Kier alpha value is -0.580. The van der Waals surface area contributed by atoms with Gasteiger partial charge in [-0.05, 0) is 0 Å². The summed E-state index contributed by atoms with van der Waals surface area (Å²) in [6, 6.07) is 0. The molecule has 12 heavy (non-hydrogen) atoms. The van der Waals surface area contributed by atoms with E-state index in [4.69, 9.17) is 9.84 Å². The molecule has 0 fully saturated rings. The van der Waals surface area contributed by atoms with E-state index in [-0.39, 0.29) is 19.0 Å². The summed E-state index contributed by atoms with van der Waals surface area (Å²) in [6.45, 7) is 1.98. The summed E-state index contributed by atoms with van der Waals surface area (Å²) in [5.41, 5.74) is 0.